The zero-order chi connectivity index (χ0) is 21.1. The molecule has 0 radical (unpaired) electrons. The quantitative estimate of drug-likeness (QED) is 0.529. The van der Waals surface area contributed by atoms with Gasteiger partial charge in [-0.3, -0.25) is 19.7 Å². The minimum Gasteiger partial charge on any atom is -0.493 e. The fourth-order valence-corrected chi connectivity index (χ4v) is 2.81. The molecule has 10 heteroatoms. The van der Waals surface area contributed by atoms with Crippen molar-refractivity contribution < 1.29 is 28.7 Å². The Bertz CT molecular complexity index is 853. The Kier molecular flexibility index (Phi) is 8.64. The number of esters is 1. The molecule has 1 aromatic heterocycles. The average Bonchev–Trinajstić information content (AvgIpc) is 3.23. The molecule has 154 valence electrons. The molecule has 0 atom stereocenters. The minimum atomic E-state index is -0.818. The number of amides is 4. The van der Waals surface area contributed by atoms with E-state index in [9.17, 15) is 19.2 Å². The third-order valence-corrected chi connectivity index (χ3v) is 4.32. The van der Waals surface area contributed by atoms with Crippen LogP contribution in [0.3, 0.4) is 0 Å². The molecule has 9 nitrogen and oxygen atoms in total. The number of thiophene rings is 1. The van der Waals surface area contributed by atoms with Gasteiger partial charge in [0, 0.05) is 4.88 Å². The van der Waals surface area contributed by atoms with Gasteiger partial charge in [-0.05, 0) is 30.5 Å². The van der Waals surface area contributed by atoms with Gasteiger partial charge in [-0.15, -0.1) is 11.3 Å². The lowest BCUT2D eigenvalue weighted by Gasteiger charge is -2.10. The van der Waals surface area contributed by atoms with Crippen molar-refractivity contribution in [1.29, 1.82) is 0 Å². The summed E-state index contributed by atoms with van der Waals surface area (Å²) in [6, 6.07) is 9.60. The van der Waals surface area contributed by atoms with Crippen LogP contribution in [0.5, 0.6) is 5.75 Å². The van der Waals surface area contributed by atoms with E-state index in [1.54, 1.807) is 31.2 Å². The van der Waals surface area contributed by atoms with Crippen LogP contribution in [-0.2, 0) is 20.9 Å². The van der Waals surface area contributed by atoms with Crippen LogP contribution in [-0.4, -0.2) is 43.6 Å². The molecule has 0 saturated heterocycles. The lowest BCUT2D eigenvalue weighted by Crippen LogP contribution is -2.41. The summed E-state index contributed by atoms with van der Waals surface area (Å²) in [4.78, 5) is 48.1. The first-order valence-corrected chi connectivity index (χ1v) is 9.63. The normalized spacial score (nSPS) is 9.97. The molecule has 4 amide bonds. The Morgan fingerprint density at radius 1 is 1.03 bits per heavy atom. The molecule has 0 unspecified atom stereocenters. The number of urea groups is 1. The number of para-hydroxylation sites is 1. The zero-order valence-electron chi connectivity index (χ0n) is 15.7. The molecule has 2 aromatic rings. The zero-order valence-corrected chi connectivity index (χ0v) is 16.5. The maximum atomic E-state index is 12.2. The second-order valence-corrected chi connectivity index (χ2v) is 6.61. The van der Waals surface area contributed by atoms with Crippen molar-refractivity contribution in [3.05, 3.63) is 52.2 Å². The summed E-state index contributed by atoms with van der Waals surface area (Å²) >= 11 is 1.47. The van der Waals surface area contributed by atoms with Gasteiger partial charge in [0.2, 0.25) is 0 Å². The van der Waals surface area contributed by atoms with Crippen molar-refractivity contribution in [3.63, 3.8) is 0 Å². The molecule has 2 rings (SSSR count). The van der Waals surface area contributed by atoms with Crippen LogP contribution in [0.2, 0.25) is 0 Å². The number of nitrogens with one attached hydrogen (secondary N) is 3. The van der Waals surface area contributed by atoms with Gasteiger partial charge in [0.15, 0.2) is 6.61 Å². The van der Waals surface area contributed by atoms with Crippen molar-refractivity contribution in [1.82, 2.24) is 16.0 Å². The van der Waals surface area contributed by atoms with E-state index >= 15 is 0 Å². The van der Waals surface area contributed by atoms with Crippen LogP contribution < -0.4 is 20.7 Å². The molecule has 1 aromatic carbocycles. The molecule has 1 heterocycles. The van der Waals surface area contributed by atoms with Crippen LogP contribution in [0.1, 0.15) is 22.2 Å². The molecule has 3 N–H and O–H groups in total. The van der Waals surface area contributed by atoms with Gasteiger partial charge in [0.05, 0.1) is 18.7 Å². The van der Waals surface area contributed by atoms with E-state index in [2.05, 4.69) is 10.6 Å². The second-order valence-electron chi connectivity index (χ2n) is 5.58. The molecule has 0 fully saturated rings. The van der Waals surface area contributed by atoms with Crippen LogP contribution in [0.25, 0.3) is 0 Å². The highest BCUT2D eigenvalue weighted by atomic mass is 32.1. The fourth-order valence-electron chi connectivity index (χ4n) is 2.17. The Balaban J connectivity index is 1.68. The third-order valence-electron chi connectivity index (χ3n) is 3.45. The first kappa shape index (κ1) is 21.9. The number of imide groups is 1. The van der Waals surface area contributed by atoms with E-state index in [1.165, 1.54) is 11.3 Å². The largest absolute Gasteiger partial charge is 0.493 e. The number of hydrogen-bond acceptors (Lipinski definition) is 7. The maximum Gasteiger partial charge on any atom is 0.325 e. The number of rotatable bonds is 9. The van der Waals surface area contributed by atoms with E-state index in [4.69, 9.17) is 9.47 Å². The predicted molar refractivity (Wildman–Crippen MR) is 106 cm³/mol. The number of carbonyl (C=O) groups is 4. The van der Waals surface area contributed by atoms with Crippen molar-refractivity contribution >= 4 is 35.2 Å². The lowest BCUT2D eigenvalue weighted by atomic mass is 10.2. The molecular formula is C19H21N3O6S. The third kappa shape index (κ3) is 7.62. The maximum absolute atomic E-state index is 12.2. The Hall–Kier alpha value is -3.40. The highest BCUT2D eigenvalue weighted by Crippen LogP contribution is 2.17. The summed E-state index contributed by atoms with van der Waals surface area (Å²) in [7, 11) is 0. The number of benzene rings is 1. The molecule has 0 saturated carbocycles. The lowest BCUT2D eigenvalue weighted by molar-refractivity contribution is -0.147. The highest BCUT2D eigenvalue weighted by molar-refractivity contribution is 7.09. The molecular weight excluding hydrogens is 398 g/mol. The van der Waals surface area contributed by atoms with Crippen molar-refractivity contribution in [2.24, 2.45) is 0 Å². The van der Waals surface area contributed by atoms with Gasteiger partial charge in [-0.25, -0.2) is 4.79 Å². The Morgan fingerprint density at radius 2 is 1.83 bits per heavy atom. The van der Waals surface area contributed by atoms with E-state index in [0.717, 1.165) is 4.88 Å². The van der Waals surface area contributed by atoms with Gasteiger partial charge < -0.3 is 20.1 Å². The first-order chi connectivity index (χ1) is 14.0. The van der Waals surface area contributed by atoms with Gasteiger partial charge in [-0.2, -0.15) is 0 Å². The van der Waals surface area contributed by atoms with Crippen molar-refractivity contribution in [3.8, 4) is 5.75 Å². The highest BCUT2D eigenvalue weighted by Gasteiger charge is 2.15. The Morgan fingerprint density at radius 3 is 2.55 bits per heavy atom. The minimum absolute atomic E-state index is 0.280. The van der Waals surface area contributed by atoms with E-state index in [0.29, 0.717) is 12.4 Å². The van der Waals surface area contributed by atoms with Crippen LogP contribution in [0.15, 0.2) is 41.8 Å². The topological polar surface area (TPSA) is 123 Å². The summed E-state index contributed by atoms with van der Waals surface area (Å²) in [5.41, 5.74) is 0.280. The molecule has 0 spiro atoms. The summed E-state index contributed by atoms with van der Waals surface area (Å²) < 4.78 is 10.1. The molecule has 0 aliphatic carbocycles. The van der Waals surface area contributed by atoms with E-state index in [-0.39, 0.29) is 12.1 Å². The van der Waals surface area contributed by atoms with Gasteiger partial charge in [0.1, 0.15) is 12.3 Å². The second kappa shape index (κ2) is 11.4. The van der Waals surface area contributed by atoms with Gasteiger partial charge in [-0.1, -0.05) is 18.2 Å². The van der Waals surface area contributed by atoms with Crippen LogP contribution >= 0.6 is 11.3 Å². The molecule has 29 heavy (non-hydrogen) atoms. The van der Waals surface area contributed by atoms with Crippen LogP contribution in [0, 0.1) is 0 Å². The number of hydrogen-bond donors (Lipinski definition) is 3. The fraction of sp³-hybridized carbons (Fsp3) is 0.263. The smallest absolute Gasteiger partial charge is 0.325 e. The monoisotopic (exact) mass is 419 g/mol. The predicted octanol–water partition coefficient (Wildman–Crippen LogP) is 1.45. The SMILES string of the molecule is CCOc1ccccc1C(=O)NCC(=O)OCC(=O)NC(=O)NCc1cccs1. The van der Waals surface area contributed by atoms with E-state index < -0.39 is 37.0 Å². The van der Waals surface area contributed by atoms with Crippen molar-refractivity contribution in [2.75, 3.05) is 19.8 Å². The summed E-state index contributed by atoms with van der Waals surface area (Å²) in [5, 5.41) is 8.82. The summed E-state index contributed by atoms with van der Waals surface area (Å²) in [6.07, 6.45) is 0. The summed E-state index contributed by atoms with van der Waals surface area (Å²) in [5.74, 6) is -1.71. The van der Waals surface area contributed by atoms with Crippen LogP contribution in [0.4, 0.5) is 4.79 Å². The molecule has 0 aliphatic heterocycles. The number of ether oxygens (including phenoxy) is 2. The van der Waals surface area contributed by atoms with Gasteiger partial charge in [0.25, 0.3) is 11.8 Å². The first-order valence-electron chi connectivity index (χ1n) is 8.75. The Labute approximate surface area is 171 Å². The van der Waals surface area contributed by atoms with Gasteiger partial charge >= 0.3 is 12.0 Å². The summed E-state index contributed by atoms with van der Waals surface area (Å²) in [6.45, 7) is 1.39. The average molecular weight is 419 g/mol. The van der Waals surface area contributed by atoms with Crippen molar-refractivity contribution in [2.45, 2.75) is 13.5 Å². The van der Waals surface area contributed by atoms with E-state index in [1.807, 2.05) is 22.8 Å². The molecule has 0 bridgehead atoms. The number of carbonyl (C=O) groups excluding carboxylic acids is 4. The standard InChI is InChI=1S/C19H21N3O6S/c1-2-27-15-8-4-3-7-14(15)18(25)20-11-17(24)28-12-16(23)22-19(26)21-10-13-6-5-9-29-13/h3-9H,2,10-12H2,1H3,(H,20,25)(H2,21,22,23,26). The molecule has 0 aliphatic rings.